The molecule has 0 radical (unpaired) electrons. The average Bonchev–Trinajstić information content (AvgIpc) is 1.84. The van der Waals surface area contributed by atoms with Crippen LogP contribution in [0.5, 0.6) is 0 Å². The Morgan fingerprint density at radius 2 is 2.30 bits per heavy atom. The van der Waals surface area contributed by atoms with Crippen LogP contribution in [0.2, 0.25) is 0 Å². The molecular weight excluding hydrogens is 128 g/mol. The summed E-state index contributed by atoms with van der Waals surface area (Å²) in [5.74, 6) is 0.613. The lowest BCUT2D eigenvalue weighted by atomic mass is 9.86. The van der Waals surface area contributed by atoms with Crippen molar-refractivity contribution in [2.45, 2.75) is 32.6 Å². The third-order valence-corrected chi connectivity index (χ3v) is 1.99. The minimum atomic E-state index is -0.0631. The molecular formula is C8H14O2. The predicted octanol–water partition coefficient (Wildman–Crippen LogP) is 1.74. The Balaban J connectivity index is 1.98. The first kappa shape index (κ1) is 7.58. The maximum absolute atomic E-state index is 10.6. The molecule has 0 N–H and O–H groups in total. The molecule has 0 spiro atoms. The number of ether oxygens (including phenoxy) is 1. The van der Waals surface area contributed by atoms with Crippen molar-refractivity contribution in [3.8, 4) is 0 Å². The normalized spacial score (nSPS) is 18.1. The molecule has 0 aromatic rings. The highest BCUT2D eigenvalue weighted by atomic mass is 16.5. The van der Waals surface area contributed by atoms with E-state index in [1.54, 1.807) is 0 Å². The first-order valence-corrected chi connectivity index (χ1v) is 3.98. The van der Waals surface area contributed by atoms with Crippen molar-refractivity contribution < 1.29 is 9.53 Å². The van der Waals surface area contributed by atoms with Gasteiger partial charge in [-0.05, 0) is 18.8 Å². The molecule has 0 atom stereocenters. The predicted molar refractivity (Wildman–Crippen MR) is 38.6 cm³/mol. The summed E-state index contributed by atoms with van der Waals surface area (Å²) in [6.45, 7) is 2.48. The van der Waals surface area contributed by atoms with Gasteiger partial charge in [-0.1, -0.05) is 13.3 Å². The van der Waals surface area contributed by atoms with Crippen LogP contribution in [-0.2, 0) is 9.53 Å². The molecule has 1 saturated carbocycles. The third kappa shape index (κ3) is 2.01. The summed E-state index contributed by atoms with van der Waals surface area (Å²) in [5.41, 5.74) is 0. The van der Waals surface area contributed by atoms with Crippen LogP contribution in [0.15, 0.2) is 0 Å². The van der Waals surface area contributed by atoms with Crippen molar-refractivity contribution in [3.63, 3.8) is 0 Å². The summed E-state index contributed by atoms with van der Waals surface area (Å²) in [4.78, 5) is 10.6. The highest BCUT2D eigenvalue weighted by molar-refractivity contribution is 5.68. The van der Waals surface area contributed by atoms with E-state index in [2.05, 4.69) is 0 Å². The van der Waals surface area contributed by atoms with Gasteiger partial charge >= 0.3 is 5.97 Å². The summed E-state index contributed by atoms with van der Waals surface area (Å²) >= 11 is 0. The van der Waals surface area contributed by atoms with E-state index in [9.17, 15) is 4.79 Å². The van der Waals surface area contributed by atoms with Crippen LogP contribution in [0.25, 0.3) is 0 Å². The molecule has 1 rings (SSSR count). The molecule has 1 fully saturated rings. The fourth-order valence-electron chi connectivity index (χ4n) is 0.972. The van der Waals surface area contributed by atoms with Gasteiger partial charge < -0.3 is 4.74 Å². The van der Waals surface area contributed by atoms with E-state index in [1.807, 2.05) is 6.92 Å². The molecule has 0 heterocycles. The minimum absolute atomic E-state index is 0.0631. The van der Waals surface area contributed by atoms with Crippen LogP contribution in [0.1, 0.15) is 32.6 Å². The maximum Gasteiger partial charge on any atom is 0.305 e. The van der Waals surface area contributed by atoms with Crippen molar-refractivity contribution in [2.75, 3.05) is 6.61 Å². The number of carbonyl (C=O) groups is 1. The number of rotatable bonds is 3. The molecule has 2 nitrogen and oxygen atoms in total. The van der Waals surface area contributed by atoms with Gasteiger partial charge in [0.15, 0.2) is 0 Å². The van der Waals surface area contributed by atoms with Crippen molar-refractivity contribution in [1.29, 1.82) is 0 Å². The topological polar surface area (TPSA) is 26.3 Å². The molecule has 1 aliphatic carbocycles. The monoisotopic (exact) mass is 142 g/mol. The highest BCUT2D eigenvalue weighted by Crippen LogP contribution is 2.26. The first-order chi connectivity index (χ1) is 4.83. The van der Waals surface area contributed by atoms with Gasteiger partial charge in [-0.2, -0.15) is 0 Å². The number of hydrogen-bond acceptors (Lipinski definition) is 2. The fourth-order valence-corrected chi connectivity index (χ4v) is 0.972. The lowest BCUT2D eigenvalue weighted by Gasteiger charge is -2.24. The molecule has 0 saturated heterocycles. The largest absolute Gasteiger partial charge is 0.465 e. The molecule has 0 unspecified atom stereocenters. The van der Waals surface area contributed by atoms with Gasteiger partial charge in [0.1, 0.15) is 0 Å². The molecule has 2 heteroatoms. The van der Waals surface area contributed by atoms with Gasteiger partial charge in [-0.25, -0.2) is 0 Å². The van der Waals surface area contributed by atoms with E-state index in [4.69, 9.17) is 4.74 Å². The van der Waals surface area contributed by atoms with Gasteiger partial charge in [0, 0.05) is 6.42 Å². The lowest BCUT2D eigenvalue weighted by molar-refractivity contribution is -0.145. The van der Waals surface area contributed by atoms with Crippen LogP contribution < -0.4 is 0 Å². The van der Waals surface area contributed by atoms with Crippen LogP contribution in [0.3, 0.4) is 0 Å². The Morgan fingerprint density at radius 1 is 1.60 bits per heavy atom. The SMILES string of the molecule is CCC(=O)OCC1CCC1. The molecule has 10 heavy (non-hydrogen) atoms. The second-order valence-corrected chi connectivity index (χ2v) is 2.83. The van der Waals surface area contributed by atoms with Crippen LogP contribution in [0.4, 0.5) is 0 Å². The van der Waals surface area contributed by atoms with Gasteiger partial charge in [-0.3, -0.25) is 4.79 Å². The lowest BCUT2D eigenvalue weighted by Crippen LogP contribution is -2.19. The number of esters is 1. The zero-order valence-corrected chi connectivity index (χ0v) is 6.43. The third-order valence-electron chi connectivity index (χ3n) is 1.99. The van der Waals surface area contributed by atoms with E-state index in [-0.39, 0.29) is 5.97 Å². The second kappa shape index (κ2) is 3.59. The van der Waals surface area contributed by atoms with E-state index < -0.39 is 0 Å². The zero-order chi connectivity index (χ0) is 7.40. The summed E-state index contributed by atoms with van der Waals surface area (Å²) < 4.78 is 4.96. The van der Waals surface area contributed by atoms with E-state index in [0.29, 0.717) is 18.9 Å². The second-order valence-electron chi connectivity index (χ2n) is 2.83. The van der Waals surface area contributed by atoms with Crippen molar-refractivity contribution in [3.05, 3.63) is 0 Å². The van der Waals surface area contributed by atoms with Crippen LogP contribution >= 0.6 is 0 Å². The Labute approximate surface area is 61.6 Å². The summed E-state index contributed by atoms with van der Waals surface area (Å²) in [6.07, 6.45) is 4.31. The minimum Gasteiger partial charge on any atom is -0.465 e. The standard InChI is InChI=1S/C8H14O2/c1-2-8(9)10-6-7-4-3-5-7/h7H,2-6H2,1H3. The van der Waals surface area contributed by atoms with Crippen LogP contribution in [-0.4, -0.2) is 12.6 Å². The Bertz CT molecular complexity index is 116. The van der Waals surface area contributed by atoms with Crippen LogP contribution in [0, 0.1) is 5.92 Å². The summed E-state index contributed by atoms with van der Waals surface area (Å²) in [5, 5.41) is 0. The Hall–Kier alpha value is -0.530. The highest BCUT2D eigenvalue weighted by Gasteiger charge is 2.18. The van der Waals surface area contributed by atoms with Gasteiger partial charge in [0.25, 0.3) is 0 Å². The zero-order valence-electron chi connectivity index (χ0n) is 6.43. The Morgan fingerprint density at radius 3 is 2.70 bits per heavy atom. The first-order valence-electron chi connectivity index (χ1n) is 3.98. The number of carbonyl (C=O) groups excluding carboxylic acids is 1. The fraction of sp³-hybridized carbons (Fsp3) is 0.875. The molecule has 0 amide bonds. The summed E-state index contributed by atoms with van der Waals surface area (Å²) in [7, 11) is 0. The molecule has 1 aliphatic rings. The van der Waals surface area contributed by atoms with Crippen molar-refractivity contribution >= 4 is 5.97 Å². The quantitative estimate of drug-likeness (QED) is 0.561. The maximum atomic E-state index is 10.6. The van der Waals surface area contributed by atoms with Gasteiger partial charge in [0.2, 0.25) is 0 Å². The van der Waals surface area contributed by atoms with Crippen molar-refractivity contribution in [1.82, 2.24) is 0 Å². The van der Waals surface area contributed by atoms with Gasteiger partial charge in [0.05, 0.1) is 6.61 Å². The van der Waals surface area contributed by atoms with Crippen molar-refractivity contribution in [2.24, 2.45) is 5.92 Å². The molecule has 0 bridgehead atoms. The molecule has 0 aromatic carbocycles. The van der Waals surface area contributed by atoms with Gasteiger partial charge in [-0.15, -0.1) is 0 Å². The molecule has 58 valence electrons. The van der Waals surface area contributed by atoms with E-state index >= 15 is 0 Å². The number of hydrogen-bond donors (Lipinski definition) is 0. The smallest absolute Gasteiger partial charge is 0.305 e. The Kier molecular flexibility index (Phi) is 2.72. The van der Waals surface area contributed by atoms with E-state index in [1.165, 1.54) is 19.3 Å². The average molecular weight is 142 g/mol. The molecule has 0 aromatic heterocycles. The summed E-state index contributed by atoms with van der Waals surface area (Å²) in [6, 6.07) is 0. The molecule has 0 aliphatic heterocycles. The van der Waals surface area contributed by atoms with E-state index in [0.717, 1.165) is 0 Å².